The lowest BCUT2D eigenvalue weighted by Crippen LogP contribution is -2.27. The molecule has 19 heavy (non-hydrogen) atoms. The maximum atomic E-state index is 11.2. The molecular weight excluding hydrogens is 248 g/mol. The number of hydrogen-bond donors (Lipinski definition) is 0. The van der Waals surface area contributed by atoms with Crippen molar-refractivity contribution in [3.05, 3.63) is 33.9 Å². The van der Waals surface area contributed by atoms with Crippen molar-refractivity contribution in [2.24, 2.45) is 0 Å². The van der Waals surface area contributed by atoms with Gasteiger partial charge >= 0.3 is 5.97 Å². The number of carbonyl (C=O) groups is 1. The van der Waals surface area contributed by atoms with E-state index in [0.717, 1.165) is 5.56 Å². The molecule has 104 valence electrons. The molecule has 0 amide bonds. The summed E-state index contributed by atoms with van der Waals surface area (Å²) in [7, 11) is 1.33. The van der Waals surface area contributed by atoms with Gasteiger partial charge in [0.05, 0.1) is 18.5 Å². The van der Waals surface area contributed by atoms with Crippen molar-refractivity contribution in [3.8, 4) is 0 Å². The predicted octanol–water partition coefficient (Wildman–Crippen LogP) is 2.29. The van der Waals surface area contributed by atoms with Gasteiger partial charge in [0.15, 0.2) is 0 Å². The Morgan fingerprint density at radius 1 is 1.47 bits per heavy atom. The van der Waals surface area contributed by atoms with Gasteiger partial charge in [-0.05, 0) is 19.4 Å². The third kappa shape index (κ3) is 3.67. The summed E-state index contributed by atoms with van der Waals surface area (Å²) in [6.07, 6.45) is 0.204. The van der Waals surface area contributed by atoms with E-state index in [1.165, 1.54) is 13.2 Å². The maximum absolute atomic E-state index is 11.2. The van der Waals surface area contributed by atoms with Crippen LogP contribution in [0, 0.1) is 17.0 Å². The molecule has 0 aliphatic heterocycles. The summed E-state index contributed by atoms with van der Waals surface area (Å²) in [6, 6.07) is 4.96. The molecule has 0 spiro atoms. The molecule has 1 aromatic rings. The maximum Gasteiger partial charge on any atom is 0.307 e. The van der Waals surface area contributed by atoms with Crippen LogP contribution in [0.15, 0.2) is 18.2 Å². The number of nitro groups is 1. The fourth-order valence-corrected chi connectivity index (χ4v) is 1.96. The molecule has 0 saturated heterocycles. The summed E-state index contributed by atoms with van der Waals surface area (Å²) < 4.78 is 4.59. The number of carbonyl (C=O) groups excluding carboxylic acids is 1. The number of rotatable bonds is 6. The molecule has 0 N–H and O–H groups in total. The van der Waals surface area contributed by atoms with Crippen LogP contribution >= 0.6 is 0 Å². The van der Waals surface area contributed by atoms with Gasteiger partial charge in [0, 0.05) is 19.2 Å². The van der Waals surface area contributed by atoms with Gasteiger partial charge in [-0.1, -0.05) is 12.1 Å². The standard InChI is InChI=1S/C13H18N2O4/c1-4-14(9-8-12(16)19-3)13-10(2)6-5-7-11(13)15(17)18/h5-7H,4,8-9H2,1-3H3. The summed E-state index contributed by atoms with van der Waals surface area (Å²) in [5.74, 6) is -0.324. The quantitative estimate of drug-likeness (QED) is 0.448. The first-order valence-corrected chi connectivity index (χ1v) is 6.07. The molecule has 0 atom stereocenters. The summed E-state index contributed by atoms with van der Waals surface area (Å²) in [4.78, 5) is 23.7. The number of aryl methyl sites for hydroxylation is 1. The highest BCUT2D eigenvalue weighted by molar-refractivity contribution is 5.72. The topological polar surface area (TPSA) is 72.7 Å². The van der Waals surface area contributed by atoms with Crippen LogP contribution in [0.5, 0.6) is 0 Å². The van der Waals surface area contributed by atoms with Gasteiger partial charge in [0.25, 0.3) is 5.69 Å². The highest BCUT2D eigenvalue weighted by Gasteiger charge is 2.20. The van der Waals surface area contributed by atoms with E-state index in [-0.39, 0.29) is 18.1 Å². The van der Waals surface area contributed by atoms with Crippen LogP contribution in [0.2, 0.25) is 0 Å². The van der Waals surface area contributed by atoms with Crippen LogP contribution in [0.1, 0.15) is 18.9 Å². The van der Waals surface area contributed by atoms with Gasteiger partial charge in [0.2, 0.25) is 0 Å². The van der Waals surface area contributed by atoms with E-state index >= 15 is 0 Å². The molecule has 6 heteroatoms. The van der Waals surface area contributed by atoms with Gasteiger partial charge in [-0.25, -0.2) is 0 Å². The molecule has 0 aliphatic rings. The number of hydrogen-bond acceptors (Lipinski definition) is 5. The van der Waals surface area contributed by atoms with Crippen LogP contribution in [0.25, 0.3) is 0 Å². The zero-order chi connectivity index (χ0) is 14.4. The second kappa shape index (κ2) is 6.72. The lowest BCUT2D eigenvalue weighted by atomic mass is 10.1. The van der Waals surface area contributed by atoms with Crippen LogP contribution in [-0.4, -0.2) is 31.1 Å². The van der Waals surface area contributed by atoms with Gasteiger partial charge < -0.3 is 9.64 Å². The Labute approximate surface area is 112 Å². The SMILES string of the molecule is CCN(CCC(=O)OC)c1c(C)cccc1[N+](=O)[O-]. The first-order chi connectivity index (χ1) is 9.01. The third-order valence-electron chi connectivity index (χ3n) is 2.92. The van der Waals surface area contributed by atoms with Gasteiger partial charge in [0.1, 0.15) is 5.69 Å². The molecule has 1 aromatic carbocycles. The fourth-order valence-electron chi connectivity index (χ4n) is 1.96. The first kappa shape index (κ1) is 14.9. The number of anilines is 1. The zero-order valence-electron chi connectivity index (χ0n) is 11.4. The van der Waals surface area contributed by atoms with Crippen LogP contribution in [-0.2, 0) is 9.53 Å². The Kier molecular flexibility index (Phi) is 5.29. The molecule has 0 fully saturated rings. The van der Waals surface area contributed by atoms with Gasteiger partial charge in [-0.15, -0.1) is 0 Å². The Balaban J connectivity index is 3.03. The van der Waals surface area contributed by atoms with Crippen LogP contribution in [0.3, 0.4) is 0 Å². The Morgan fingerprint density at radius 3 is 2.68 bits per heavy atom. The normalized spacial score (nSPS) is 10.1. The molecule has 0 saturated carbocycles. The van der Waals surface area contributed by atoms with Crippen molar-refractivity contribution < 1.29 is 14.5 Å². The largest absolute Gasteiger partial charge is 0.469 e. The minimum Gasteiger partial charge on any atom is -0.469 e. The fraction of sp³-hybridized carbons (Fsp3) is 0.462. The zero-order valence-corrected chi connectivity index (χ0v) is 11.4. The molecule has 0 radical (unpaired) electrons. The first-order valence-electron chi connectivity index (χ1n) is 6.07. The summed E-state index contributed by atoms with van der Waals surface area (Å²) >= 11 is 0. The van der Waals surface area contributed by atoms with Crippen molar-refractivity contribution in [2.75, 3.05) is 25.1 Å². The number of ether oxygens (including phenoxy) is 1. The Morgan fingerprint density at radius 2 is 2.16 bits per heavy atom. The lowest BCUT2D eigenvalue weighted by Gasteiger charge is -2.24. The average molecular weight is 266 g/mol. The highest BCUT2D eigenvalue weighted by Crippen LogP contribution is 2.31. The highest BCUT2D eigenvalue weighted by atomic mass is 16.6. The van der Waals surface area contributed by atoms with Gasteiger partial charge in [-0.3, -0.25) is 14.9 Å². The lowest BCUT2D eigenvalue weighted by molar-refractivity contribution is -0.384. The van der Waals surface area contributed by atoms with E-state index < -0.39 is 4.92 Å². The molecule has 0 unspecified atom stereocenters. The van der Waals surface area contributed by atoms with Crippen molar-refractivity contribution in [2.45, 2.75) is 20.3 Å². The Bertz CT molecular complexity index is 474. The minimum absolute atomic E-state index is 0.0618. The summed E-state index contributed by atoms with van der Waals surface area (Å²) in [6.45, 7) is 4.70. The van der Waals surface area contributed by atoms with Crippen molar-refractivity contribution in [1.29, 1.82) is 0 Å². The van der Waals surface area contributed by atoms with E-state index in [4.69, 9.17) is 0 Å². The minimum atomic E-state index is -0.400. The van der Waals surface area contributed by atoms with Crippen LogP contribution in [0.4, 0.5) is 11.4 Å². The van der Waals surface area contributed by atoms with Crippen molar-refractivity contribution >= 4 is 17.3 Å². The average Bonchev–Trinajstić information content (AvgIpc) is 2.40. The number of methoxy groups -OCH3 is 1. The molecule has 0 aliphatic carbocycles. The molecule has 6 nitrogen and oxygen atoms in total. The monoisotopic (exact) mass is 266 g/mol. The third-order valence-corrected chi connectivity index (χ3v) is 2.92. The number of esters is 1. The molecular formula is C13H18N2O4. The van der Waals surface area contributed by atoms with E-state index in [2.05, 4.69) is 4.74 Å². The second-order valence-electron chi connectivity index (χ2n) is 4.11. The van der Waals surface area contributed by atoms with Crippen LogP contribution < -0.4 is 4.90 Å². The molecule has 0 aromatic heterocycles. The predicted molar refractivity (Wildman–Crippen MR) is 72.4 cm³/mol. The number of para-hydroxylation sites is 1. The molecule has 0 bridgehead atoms. The number of nitro benzene ring substituents is 1. The number of benzene rings is 1. The van der Waals surface area contributed by atoms with E-state index in [1.54, 1.807) is 6.07 Å². The van der Waals surface area contributed by atoms with E-state index in [9.17, 15) is 14.9 Å². The second-order valence-corrected chi connectivity index (χ2v) is 4.11. The molecule has 0 heterocycles. The van der Waals surface area contributed by atoms with E-state index in [1.807, 2.05) is 24.8 Å². The van der Waals surface area contributed by atoms with Crippen molar-refractivity contribution in [1.82, 2.24) is 0 Å². The Hall–Kier alpha value is -2.11. The van der Waals surface area contributed by atoms with E-state index in [0.29, 0.717) is 18.8 Å². The molecule has 1 rings (SSSR count). The van der Waals surface area contributed by atoms with Crippen molar-refractivity contribution in [3.63, 3.8) is 0 Å². The van der Waals surface area contributed by atoms with Gasteiger partial charge in [-0.2, -0.15) is 0 Å². The summed E-state index contributed by atoms with van der Waals surface area (Å²) in [5.41, 5.74) is 1.45. The summed E-state index contributed by atoms with van der Waals surface area (Å²) in [5, 5.41) is 11.1. The number of nitrogens with zero attached hydrogens (tertiary/aromatic N) is 2. The smallest absolute Gasteiger partial charge is 0.307 e.